The molecule has 1 aromatic carbocycles. The zero-order valence-electron chi connectivity index (χ0n) is 13.3. The first kappa shape index (κ1) is 17.7. The number of nitrogens with one attached hydrogen (secondary N) is 2. The molecule has 1 aliphatic heterocycles. The molecule has 0 aliphatic carbocycles. The molecule has 1 saturated heterocycles. The molecule has 2 aromatic rings. The van der Waals surface area contributed by atoms with Gasteiger partial charge in [-0.25, -0.2) is 9.78 Å². The quantitative estimate of drug-likeness (QED) is 0.854. The van der Waals surface area contributed by atoms with Crippen molar-refractivity contribution in [1.29, 1.82) is 0 Å². The van der Waals surface area contributed by atoms with Gasteiger partial charge in [0.15, 0.2) is 5.13 Å². The Morgan fingerprint density at radius 3 is 2.84 bits per heavy atom. The van der Waals surface area contributed by atoms with Crippen molar-refractivity contribution in [2.45, 2.75) is 6.42 Å². The zero-order chi connectivity index (χ0) is 17.6. The third-order valence-electron chi connectivity index (χ3n) is 3.55. The summed E-state index contributed by atoms with van der Waals surface area (Å²) in [6, 6.07) is 6.44. The molecule has 0 unspecified atom stereocenters. The van der Waals surface area contributed by atoms with E-state index in [1.54, 1.807) is 34.5 Å². The number of halogens is 1. The molecule has 25 heavy (non-hydrogen) atoms. The Bertz CT molecular complexity index is 761. The summed E-state index contributed by atoms with van der Waals surface area (Å²) in [4.78, 5) is 30.2. The maximum absolute atomic E-state index is 12.2. The van der Waals surface area contributed by atoms with Gasteiger partial charge >= 0.3 is 6.03 Å². The first-order valence-electron chi connectivity index (χ1n) is 7.73. The number of benzene rings is 1. The number of rotatable bonds is 4. The lowest BCUT2D eigenvalue weighted by molar-refractivity contribution is -0.134. The lowest BCUT2D eigenvalue weighted by atomic mass is 10.3. The largest absolute Gasteiger partial charge is 0.378 e. The van der Waals surface area contributed by atoms with E-state index in [-0.39, 0.29) is 12.3 Å². The lowest BCUT2D eigenvalue weighted by Crippen LogP contribution is -2.41. The second-order valence-corrected chi connectivity index (χ2v) is 6.70. The molecular weight excluding hydrogens is 364 g/mol. The number of carbonyl (C=O) groups excluding carboxylic acids is 2. The van der Waals surface area contributed by atoms with Gasteiger partial charge in [-0.3, -0.25) is 10.1 Å². The predicted octanol–water partition coefficient (Wildman–Crippen LogP) is 2.84. The third kappa shape index (κ3) is 5.15. The second kappa shape index (κ2) is 8.28. The molecule has 2 heterocycles. The lowest BCUT2D eigenvalue weighted by Gasteiger charge is -2.26. The Morgan fingerprint density at radius 2 is 2.08 bits per heavy atom. The average molecular weight is 381 g/mol. The predicted molar refractivity (Wildman–Crippen MR) is 97.3 cm³/mol. The van der Waals surface area contributed by atoms with E-state index in [0.29, 0.717) is 47.8 Å². The van der Waals surface area contributed by atoms with E-state index < -0.39 is 6.03 Å². The number of aromatic nitrogens is 1. The number of hydrogen-bond acceptors (Lipinski definition) is 5. The van der Waals surface area contributed by atoms with Crippen LogP contribution in [-0.2, 0) is 16.0 Å². The average Bonchev–Trinajstić information content (AvgIpc) is 3.02. The fraction of sp³-hybridized carbons (Fsp3) is 0.312. The highest BCUT2D eigenvalue weighted by atomic mass is 35.5. The summed E-state index contributed by atoms with van der Waals surface area (Å²) in [6.45, 7) is 2.35. The molecule has 2 N–H and O–H groups in total. The molecule has 0 spiro atoms. The molecule has 0 radical (unpaired) electrons. The summed E-state index contributed by atoms with van der Waals surface area (Å²) < 4.78 is 5.23. The summed E-state index contributed by atoms with van der Waals surface area (Å²) >= 11 is 7.15. The molecule has 3 amide bonds. The zero-order valence-corrected chi connectivity index (χ0v) is 14.9. The van der Waals surface area contributed by atoms with E-state index in [4.69, 9.17) is 16.3 Å². The van der Waals surface area contributed by atoms with Crippen molar-refractivity contribution in [3.05, 3.63) is 40.4 Å². The van der Waals surface area contributed by atoms with Gasteiger partial charge in [-0.05, 0) is 18.2 Å². The van der Waals surface area contributed by atoms with E-state index in [9.17, 15) is 9.59 Å². The van der Waals surface area contributed by atoms with E-state index in [1.807, 2.05) is 0 Å². The van der Waals surface area contributed by atoms with Crippen LogP contribution in [0.3, 0.4) is 0 Å². The minimum Gasteiger partial charge on any atom is -0.378 e. The van der Waals surface area contributed by atoms with Gasteiger partial charge in [0.05, 0.1) is 25.3 Å². The molecule has 0 saturated carbocycles. The Hall–Kier alpha value is -2.16. The molecule has 3 rings (SSSR count). The maximum Gasteiger partial charge on any atom is 0.325 e. The Kier molecular flexibility index (Phi) is 5.85. The first-order valence-corrected chi connectivity index (χ1v) is 8.99. The van der Waals surface area contributed by atoms with E-state index in [0.717, 1.165) is 0 Å². The highest BCUT2D eigenvalue weighted by Crippen LogP contribution is 2.18. The van der Waals surface area contributed by atoms with Crippen LogP contribution in [0.15, 0.2) is 29.6 Å². The minimum atomic E-state index is -0.414. The van der Waals surface area contributed by atoms with Gasteiger partial charge in [0.1, 0.15) is 0 Å². The van der Waals surface area contributed by atoms with Crippen LogP contribution in [0.1, 0.15) is 5.69 Å². The van der Waals surface area contributed by atoms with Crippen molar-refractivity contribution in [1.82, 2.24) is 9.88 Å². The first-order chi connectivity index (χ1) is 12.1. The van der Waals surface area contributed by atoms with Crippen molar-refractivity contribution in [2.24, 2.45) is 0 Å². The molecule has 1 aliphatic rings. The Balaban J connectivity index is 1.52. The van der Waals surface area contributed by atoms with Gasteiger partial charge < -0.3 is 15.0 Å². The van der Waals surface area contributed by atoms with Crippen molar-refractivity contribution < 1.29 is 14.3 Å². The number of amides is 3. The van der Waals surface area contributed by atoms with Crippen molar-refractivity contribution in [3.63, 3.8) is 0 Å². The third-order valence-corrected chi connectivity index (χ3v) is 4.59. The summed E-state index contributed by atoms with van der Waals surface area (Å²) in [7, 11) is 0. The van der Waals surface area contributed by atoms with E-state index in [1.165, 1.54) is 11.3 Å². The minimum absolute atomic E-state index is 0.0172. The fourth-order valence-electron chi connectivity index (χ4n) is 2.35. The van der Waals surface area contributed by atoms with Gasteiger partial charge in [-0.15, -0.1) is 11.3 Å². The van der Waals surface area contributed by atoms with Crippen LogP contribution < -0.4 is 10.6 Å². The van der Waals surface area contributed by atoms with Crippen LogP contribution in [0.4, 0.5) is 15.6 Å². The number of anilines is 2. The van der Waals surface area contributed by atoms with Crippen LogP contribution >= 0.6 is 22.9 Å². The Morgan fingerprint density at radius 1 is 1.28 bits per heavy atom. The van der Waals surface area contributed by atoms with Gasteiger partial charge in [0, 0.05) is 29.2 Å². The standard InChI is InChI=1S/C16H17ClN4O3S/c17-11-2-1-3-12(8-11)18-15(23)20-16-19-13(10-25-16)9-14(22)21-4-6-24-7-5-21/h1-3,8,10H,4-7,9H2,(H2,18,19,20,23). The molecule has 0 atom stereocenters. The number of nitrogens with zero attached hydrogens (tertiary/aromatic N) is 2. The topological polar surface area (TPSA) is 83.6 Å². The van der Waals surface area contributed by atoms with Crippen molar-refractivity contribution in [3.8, 4) is 0 Å². The van der Waals surface area contributed by atoms with Gasteiger partial charge in [-0.2, -0.15) is 0 Å². The highest BCUT2D eigenvalue weighted by Gasteiger charge is 2.18. The molecule has 0 bridgehead atoms. The van der Waals surface area contributed by atoms with Gasteiger partial charge in [0.25, 0.3) is 0 Å². The highest BCUT2D eigenvalue weighted by molar-refractivity contribution is 7.14. The van der Waals surface area contributed by atoms with Crippen LogP contribution in [0.25, 0.3) is 0 Å². The Labute approximate surface area is 153 Å². The monoisotopic (exact) mass is 380 g/mol. The fourth-order valence-corrected chi connectivity index (χ4v) is 3.25. The summed E-state index contributed by atoms with van der Waals surface area (Å²) in [5.41, 5.74) is 1.23. The number of hydrogen-bond donors (Lipinski definition) is 2. The SMILES string of the molecule is O=C(Nc1cccc(Cl)c1)Nc1nc(CC(=O)N2CCOCC2)cs1. The number of ether oxygens (including phenoxy) is 1. The summed E-state index contributed by atoms with van der Waals surface area (Å²) in [5, 5.41) is 8.07. The van der Waals surface area contributed by atoms with Crippen LogP contribution in [0.2, 0.25) is 5.02 Å². The molecule has 132 valence electrons. The molecule has 9 heteroatoms. The number of urea groups is 1. The van der Waals surface area contributed by atoms with E-state index in [2.05, 4.69) is 15.6 Å². The smallest absolute Gasteiger partial charge is 0.325 e. The maximum atomic E-state index is 12.2. The summed E-state index contributed by atoms with van der Waals surface area (Å²) in [6.07, 6.45) is 0.216. The number of carbonyl (C=O) groups is 2. The van der Waals surface area contributed by atoms with Crippen LogP contribution in [-0.4, -0.2) is 48.1 Å². The second-order valence-electron chi connectivity index (χ2n) is 5.40. The summed E-state index contributed by atoms with van der Waals surface area (Å²) in [5.74, 6) is 0.0172. The molecule has 7 nitrogen and oxygen atoms in total. The van der Waals surface area contributed by atoms with E-state index >= 15 is 0 Å². The molecule has 1 fully saturated rings. The number of thiazole rings is 1. The normalized spacial score (nSPS) is 14.2. The van der Waals surface area contributed by atoms with Gasteiger partial charge in [-0.1, -0.05) is 17.7 Å². The molecule has 1 aromatic heterocycles. The van der Waals surface area contributed by atoms with Crippen molar-refractivity contribution >= 4 is 45.7 Å². The van der Waals surface area contributed by atoms with Crippen LogP contribution in [0.5, 0.6) is 0 Å². The number of morpholine rings is 1. The molecular formula is C16H17ClN4O3S. The van der Waals surface area contributed by atoms with Crippen molar-refractivity contribution in [2.75, 3.05) is 36.9 Å². The van der Waals surface area contributed by atoms with Gasteiger partial charge in [0.2, 0.25) is 5.91 Å². The van der Waals surface area contributed by atoms with Crippen LogP contribution in [0, 0.1) is 0 Å².